The Labute approximate surface area is 118 Å². The van der Waals surface area contributed by atoms with E-state index in [9.17, 15) is 14.7 Å². The lowest BCUT2D eigenvalue weighted by molar-refractivity contribution is -0.138. The summed E-state index contributed by atoms with van der Waals surface area (Å²) in [5.74, 6) is -0.988. The largest absolute Gasteiger partial charge is 0.480 e. The number of benzene rings is 1. The molecule has 1 aliphatic heterocycles. The number of anilines is 1. The summed E-state index contributed by atoms with van der Waals surface area (Å²) in [6, 6.07) is 6.14. The minimum absolute atomic E-state index is 0.314. The summed E-state index contributed by atoms with van der Waals surface area (Å²) in [5.41, 5.74) is 2.41. The van der Waals surface area contributed by atoms with E-state index in [1.54, 1.807) is 13.1 Å². The zero-order chi connectivity index (χ0) is 14.9. The molecule has 0 saturated carbocycles. The van der Waals surface area contributed by atoms with Crippen LogP contribution in [-0.2, 0) is 11.2 Å². The molecule has 2 amide bonds. The van der Waals surface area contributed by atoms with Crippen molar-refractivity contribution in [3.63, 3.8) is 0 Å². The summed E-state index contributed by atoms with van der Waals surface area (Å²) in [7, 11) is 1.65. The number of amides is 2. The molecule has 1 atom stereocenters. The van der Waals surface area contributed by atoms with Crippen molar-refractivity contribution < 1.29 is 14.7 Å². The van der Waals surface area contributed by atoms with Crippen molar-refractivity contribution in [3.05, 3.63) is 42.0 Å². The predicted molar refractivity (Wildman–Crippen MR) is 76.9 cm³/mol. The van der Waals surface area contributed by atoms with Crippen LogP contribution in [0.15, 0.2) is 36.4 Å². The zero-order valence-corrected chi connectivity index (χ0v) is 11.7. The van der Waals surface area contributed by atoms with Gasteiger partial charge in [-0.05, 0) is 18.6 Å². The van der Waals surface area contributed by atoms with Crippen molar-refractivity contribution >= 4 is 17.7 Å². The van der Waals surface area contributed by atoms with Crippen molar-refractivity contribution in [2.75, 3.05) is 18.5 Å². The molecule has 1 heterocycles. The zero-order valence-electron chi connectivity index (χ0n) is 11.7. The molecule has 1 aromatic rings. The first kappa shape index (κ1) is 14.1. The summed E-state index contributed by atoms with van der Waals surface area (Å²) in [6.45, 7) is 6.01. The number of nitrogens with zero attached hydrogens (tertiary/aromatic N) is 2. The number of carboxylic acid groups (broad SMARTS) is 1. The predicted octanol–water partition coefficient (Wildman–Crippen LogP) is 2.13. The molecule has 2 rings (SSSR count). The van der Waals surface area contributed by atoms with Crippen LogP contribution in [0, 0.1) is 0 Å². The van der Waals surface area contributed by atoms with Gasteiger partial charge in [-0.2, -0.15) is 0 Å². The second kappa shape index (κ2) is 5.36. The summed E-state index contributed by atoms with van der Waals surface area (Å²) >= 11 is 0. The number of fused-ring (bicyclic) bond motifs is 1. The summed E-state index contributed by atoms with van der Waals surface area (Å²) in [4.78, 5) is 26.8. The molecule has 0 saturated heterocycles. The average molecular weight is 274 g/mol. The molecule has 0 fully saturated rings. The van der Waals surface area contributed by atoms with Gasteiger partial charge in [0, 0.05) is 25.7 Å². The summed E-state index contributed by atoms with van der Waals surface area (Å²) < 4.78 is 0. The number of rotatable bonds is 3. The highest BCUT2D eigenvalue weighted by molar-refractivity contribution is 6.01. The van der Waals surface area contributed by atoms with Gasteiger partial charge in [-0.1, -0.05) is 30.4 Å². The maximum absolute atomic E-state index is 12.5. The lowest BCUT2D eigenvalue weighted by Crippen LogP contribution is -2.48. The van der Waals surface area contributed by atoms with Crippen LogP contribution in [-0.4, -0.2) is 41.6 Å². The van der Waals surface area contributed by atoms with Crippen LogP contribution in [0.4, 0.5) is 10.5 Å². The number of carbonyl (C=O) groups is 2. The maximum Gasteiger partial charge on any atom is 0.327 e. The van der Waals surface area contributed by atoms with E-state index in [4.69, 9.17) is 0 Å². The third kappa shape index (κ3) is 2.52. The van der Waals surface area contributed by atoms with Crippen molar-refractivity contribution in [1.29, 1.82) is 0 Å². The number of hydrogen-bond acceptors (Lipinski definition) is 2. The highest BCUT2D eigenvalue weighted by Crippen LogP contribution is 2.32. The number of para-hydroxylation sites is 1. The fourth-order valence-electron chi connectivity index (χ4n) is 2.48. The quantitative estimate of drug-likeness (QED) is 0.859. The SMILES string of the molecule is C=C(C)CN(C)C(=O)N1c2ccccc2CC1C(=O)O. The Balaban J connectivity index is 2.33. The molecule has 0 spiro atoms. The molecule has 106 valence electrons. The lowest BCUT2D eigenvalue weighted by Gasteiger charge is -2.28. The first-order valence-corrected chi connectivity index (χ1v) is 6.41. The smallest absolute Gasteiger partial charge is 0.327 e. The molecule has 5 nitrogen and oxygen atoms in total. The van der Waals surface area contributed by atoms with Crippen molar-refractivity contribution in [1.82, 2.24) is 4.90 Å². The maximum atomic E-state index is 12.5. The Morgan fingerprint density at radius 1 is 1.45 bits per heavy atom. The molecule has 20 heavy (non-hydrogen) atoms. The molecular weight excluding hydrogens is 256 g/mol. The molecule has 0 aromatic heterocycles. The Bertz CT molecular complexity index is 568. The van der Waals surface area contributed by atoms with E-state index in [0.717, 1.165) is 11.1 Å². The molecule has 5 heteroatoms. The Kier molecular flexibility index (Phi) is 3.79. The molecule has 0 radical (unpaired) electrons. The lowest BCUT2D eigenvalue weighted by atomic mass is 10.1. The van der Waals surface area contributed by atoms with E-state index in [-0.39, 0.29) is 6.03 Å². The van der Waals surface area contributed by atoms with Crippen LogP contribution in [0.1, 0.15) is 12.5 Å². The second-order valence-corrected chi connectivity index (χ2v) is 5.15. The van der Waals surface area contributed by atoms with Crippen molar-refractivity contribution in [2.45, 2.75) is 19.4 Å². The molecular formula is C15H18N2O3. The third-order valence-corrected chi connectivity index (χ3v) is 3.30. The third-order valence-electron chi connectivity index (χ3n) is 3.30. The van der Waals surface area contributed by atoms with Gasteiger partial charge in [0.1, 0.15) is 6.04 Å². The second-order valence-electron chi connectivity index (χ2n) is 5.15. The topological polar surface area (TPSA) is 60.9 Å². The number of carbonyl (C=O) groups excluding carboxylic acids is 1. The van der Waals surface area contributed by atoms with Gasteiger partial charge < -0.3 is 10.0 Å². The minimum atomic E-state index is -0.988. The normalized spacial score (nSPS) is 16.7. The number of aliphatic carboxylic acids is 1. The van der Waals surface area contributed by atoms with Crippen molar-refractivity contribution in [3.8, 4) is 0 Å². The highest BCUT2D eigenvalue weighted by Gasteiger charge is 2.39. The standard InChI is InChI=1S/C15H18N2O3/c1-10(2)9-16(3)15(20)17-12-7-5-4-6-11(12)8-13(17)14(18)19/h4-7,13H,1,8-9H2,2-3H3,(H,18,19). The van der Waals surface area contributed by atoms with Gasteiger partial charge in [0.05, 0.1) is 0 Å². The molecule has 1 aromatic carbocycles. The van der Waals surface area contributed by atoms with Crippen LogP contribution in [0.25, 0.3) is 0 Å². The summed E-state index contributed by atoms with van der Waals surface area (Å²) in [6.07, 6.45) is 0.345. The fourth-order valence-corrected chi connectivity index (χ4v) is 2.48. The number of urea groups is 1. The van der Waals surface area contributed by atoms with Crippen LogP contribution < -0.4 is 4.90 Å². The van der Waals surface area contributed by atoms with Gasteiger partial charge in [-0.25, -0.2) is 9.59 Å². The molecule has 1 N–H and O–H groups in total. The Morgan fingerprint density at radius 3 is 2.70 bits per heavy atom. The monoisotopic (exact) mass is 274 g/mol. The van der Waals surface area contributed by atoms with Gasteiger partial charge in [-0.3, -0.25) is 4.90 Å². The van der Waals surface area contributed by atoms with Crippen LogP contribution in [0.2, 0.25) is 0 Å². The van der Waals surface area contributed by atoms with E-state index in [1.165, 1.54) is 9.80 Å². The van der Waals surface area contributed by atoms with E-state index < -0.39 is 12.0 Å². The molecule has 0 bridgehead atoms. The fraction of sp³-hybridized carbons (Fsp3) is 0.333. The minimum Gasteiger partial charge on any atom is -0.480 e. The van der Waals surface area contributed by atoms with E-state index >= 15 is 0 Å². The average Bonchev–Trinajstić information content (AvgIpc) is 2.76. The van der Waals surface area contributed by atoms with Crippen molar-refractivity contribution in [2.24, 2.45) is 0 Å². The Hall–Kier alpha value is -2.30. The molecule has 1 unspecified atom stereocenters. The molecule has 0 aliphatic carbocycles. The van der Waals surface area contributed by atoms with E-state index in [0.29, 0.717) is 18.7 Å². The van der Waals surface area contributed by atoms with E-state index in [1.807, 2.05) is 25.1 Å². The van der Waals surface area contributed by atoms with Gasteiger partial charge in [0.15, 0.2) is 0 Å². The van der Waals surface area contributed by atoms with Crippen LogP contribution in [0.3, 0.4) is 0 Å². The number of hydrogen-bond donors (Lipinski definition) is 1. The van der Waals surface area contributed by atoms with Gasteiger partial charge >= 0.3 is 12.0 Å². The summed E-state index contributed by atoms with van der Waals surface area (Å²) in [5, 5.41) is 9.34. The van der Waals surface area contributed by atoms with Gasteiger partial charge in [-0.15, -0.1) is 0 Å². The number of likely N-dealkylation sites (N-methyl/N-ethyl adjacent to an activating group) is 1. The van der Waals surface area contributed by atoms with Gasteiger partial charge in [0.2, 0.25) is 0 Å². The first-order chi connectivity index (χ1) is 9.41. The Morgan fingerprint density at radius 2 is 2.10 bits per heavy atom. The first-order valence-electron chi connectivity index (χ1n) is 6.41. The van der Waals surface area contributed by atoms with Crippen LogP contribution in [0.5, 0.6) is 0 Å². The van der Waals surface area contributed by atoms with Crippen LogP contribution >= 0.6 is 0 Å². The molecule has 1 aliphatic rings. The number of carboxylic acids is 1. The highest BCUT2D eigenvalue weighted by atomic mass is 16.4. The van der Waals surface area contributed by atoms with E-state index in [2.05, 4.69) is 6.58 Å². The van der Waals surface area contributed by atoms with Gasteiger partial charge in [0.25, 0.3) is 0 Å².